The van der Waals surface area contributed by atoms with Gasteiger partial charge in [-0.05, 0) is 25.8 Å². The van der Waals surface area contributed by atoms with Crippen molar-refractivity contribution in [2.24, 2.45) is 5.11 Å². The summed E-state index contributed by atoms with van der Waals surface area (Å²) in [7, 11) is 0. The number of rotatable bonds is 5. The summed E-state index contributed by atoms with van der Waals surface area (Å²) >= 11 is 0. The Kier molecular flexibility index (Phi) is 4.17. The van der Waals surface area contributed by atoms with Crippen LogP contribution in [0.25, 0.3) is 10.4 Å². The monoisotopic (exact) mass is 183 g/mol. The minimum Gasteiger partial charge on any atom is -0.392 e. The second-order valence-electron chi connectivity index (χ2n) is 2.84. The van der Waals surface area contributed by atoms with E-state index in [0.717, 1.165) is 0 Å². The van der Waals surface area contributed by atoms with Crippen LogP contribution < -0.4 is 0 Å². The lowest BCUT2D eigenvalue weighted by atomic mass is 9.86. The fraction of sp³-hybridized carbons (Fsp3) is 0.625. The van der Waals surface area contributed by atoms with Gasteiger partial charge in [0.2, 0.25) is 0 Å². The normalized spacial score (nSPS) is 16.5. The molecular weight excluding hydrogens is 170 g/mol. The molecular formula is C8H13N3O2. The summed E-state index contributed by atoms with van der Waals surface area (Å²) in [4.78, 5) is 13.8. The van der Waals surface area contributed by atoms with E-state index in [2.05, 4.69) is 16.6 Å². The van der Waals surface area contributed by atoms with Crippen molar-refractivity contribution in [2.75, 3.05) is 0 Å². The smallest absolute Gasteiger partial charge is 0.144 e. The highest BCUT2D eigenvalue weighted by Crippen LogP contribution is 2.23. The lowest BCUT2D eigenvalue weighted by Gasteiger charge is -2.27. The Labute approximate surface area is 76.7 Å². The molecule has 13 heavy (non-hydrogen) atoms. The third-order valence-electron chi connectivity index (χ3n) is 1.98. The maximum absolute atomic E-state index is 11.2. The van der Waals surface area contributed by atoms with Crippen LogP contribution in [0.4, 0.5) is 0 Å². The van der Waals surface area contributed by atoms with Gasteiger partial charge in [-0.15, -0.1) is 6.58 Å². The molecule has 0 aromatic heterocycles. The van der Waals surface area contributed by atoms with Crippen LogP contribution in [0.5, 0.6) is 0 Å². The number of aliphatic hydroxyl groups excluding tert-OH is 1. The molecule has 2 unspecified atom stereocenters. The van der Waals surface area contributed by atoms with Gasteiger partial charge in [-0.25, -0.2) is 0 Å². The van der Waals surface area contributed by atoms with Crippen LogP contribution in [0.3, 0.4) is 0 Å². The van der Waals surface area contributed by atoms with Crippen molar-refractivity contribution < 1.29 is 9.90 Å². The highest BCUT2D eigenvalue weighted by atomic mass is 16.3. The molecule has 0 aliphatic heterocycles. The van der Waals surface area contributed by atoms with Crippen LogP contribution in [0.1, 0.15) is 20.3 Å². The molecule has 0 aliphatic rings. The molecule has 0 amide bonds. The molecule has 0 heterocycles. The van der Waals surface area contributed by atoms with E-state index >= 15 is 0 Å². The Morgan fingerprint density at radius 2 is 2.46 bits per heavy atom. The zero-order valence-electron chi connectivity index (χ0n) is 7.77. The Morgan fingerprint density at radius 1 is 1.92 bits per heavy atom. The van der Waals surface area contributed by atoms with Gasteiger partial charge in [0.05, 0.1) is 6.10 Å². The van der Waals surface area contributed by atoms with Crippen molar-refractivity contribution in [3.05, 3.63) is 23.1 Å². The topological polar surface area (TPSA) is 86.1 Å². The Balaban J connectivity index is 5.15. The Hall–Kier alpha value is -1.32. The number of ketones is 1. The number of Topliss-reactive ketones (excluding diaryl/α,β-unsaturated/α-hetero) is 1. The van der Waals surface area contributed by atoms with Crippen molar-refractivity contribution in [2.45, 2.75) is 31.9 Å². The number of hydrogen-bond donors (Lipinski definition) is 1. The van der Waals surface area contributed by atoms with Crippen LogP contribution >= 0.6 is 0 Å². The van der Waals surface area contributed by atoms with E-state index in [0.29, 0.717) is 0 Å². The molecule has 5 nitrogen and oxygen atoms in total. The molecule has 0 aliphatic carbocycles. The number of aliphatic hydroxyl groups is 1. The molecule has 0 saturated carbocycles. The summed E-state index contributed by atoms with van der Waals surface area (Å²) in [6.07, 6.45) is 0.575. The van der Waals surface area contributed by atoms with Crippen LogP contribution in [-0.4, -0.2) is 22.5 Å². The lowest BCUT2D eigenvalue weighted by molar-refractivity contribution is -0.125. The largest absolute Gasteiger partial charge is 0.392 e. The van der Waals surface area contributed by atoms with Crippen molar-refractivity contribution in [3.63, 3.8) is 0 Å². The Morgan fingerprint density at radius 3 is 2.69 bits per heavy atom. The second kappa shape index (κ2) is 4.64. The van der Waals surface area contributed by atoms with Crippen LogP contribution in [0, 0.1) is 0 Å². The molecule has 72 valence electrons. The SMILES string of the molecule is C=CCC(N=[N+]=[N-])(C(C)=O)C(C)O. The number of hydrogen-bond acceptors (Lipinski definition) is 3. The zero-order valence-corrected chi connectivity index (χ0v) is 7.77. The molecule has 0 aromatic carbocycles. The molecule has 1 N–H and O–H groups in total. The molecule has 5 heteroatoms. The quantitative estimate of drug-likeness (QED) is 0.303. The second-order valence-corrected chi connectivity index (χ2v) is 2.84. The first-order valence-electron chi connectivity index (χ1n) is 3.87. The third kappa shape index (κ3) is 2.31. The third-order valence-corrected chi connectivity index (χ3v) is 1.98. The van der Waals surface area contributed by atoms with Crippen molar-refractivity contribution in [1.29, 1.82) is 0 Å². The highest BCUT2D eigenvalue weighted by molar-refractivity contribution is 5.87. The van der Waals surface area contributed by atoms with E-state index < -0.39 is 11.6 Å². The van der Waals surface area contributed by atoms with E-state index in [4.69, 9.17) is 5.53 Å². The van der Waals surface area contributed by atoms with E-state index in [1.807, 2.05) is 0 Å². The standard InChI is InChI=1S/C8H13N3O2/c1-4-5-8(6(2)12,7(3)13)10-11-9/h4,6,12H,1,5H2,2-3H3. The van der Waals surface area contributed by atoms with Gasteiger partial charge in [-0.2, -0.15) is 0 Å². The number of nitrogens with zero attached hydrogens (tertiary/aromatic N) is 3. The van der Waals surface area contributed by atoms with Gasteiger partial charge < -0.3 is 5.11 Å². The van der Waals surface area contributed by atoms with E-state index in [-0.39, 0.29) is 12.2 Å². The molecule has 0 fully saturated rings. The summed E-state index contributed by atoms with van der Waals surface area (Å²) < 4.78 is 0. The van der Waals surface area contributed by atoms with E-state index in [9.17, 15) is 9.90 Å². The van der Waals surface area contributed by atoms with Gasteiger partial charge in [0, 0.05) is 4.91 Å². The average Bonchev–Trinajstić information content (AvgIpc) is 2.03. The number of carbonyl (C=O) groups is 1. The van der Waals surface area contributed by atoms with E-state index in [1.54, 1.807) is 0 Å². The van der Waals surface area contributed by atoms with Crippen molar-refractivity contribution >= 4 is 5.78 Å². The first kappa shape index (κ1) is 11.7. The van der Waals surface area contributed by atoms with Crippen molar-refractivity contribution in [3.8, 4) is 0 Å². The summed E-state index contributed by atoms with van der Waals surface area (Å²) in [5.41, 5.74) is 6.89. The molecule has 0 bridgehead atoms. The number of azide groups is 1. The average molecular weight is 183 g/mol. The lowest BCUT2D eigenvalue weighted by Crippen LogP contribution is -2.44. The van der Waals surface area contributed by atoms with Gasteiger partial charge in [0.1, 0.15) is 11.3 Å². The molecule has 0 rings (SSSR count). The molecule has 0 aromatic rings. The van der Waals surface area contributed by atoms with Crippen LogP contribution in [0.2, 0.25) is 0 Å². The van der Waals surface area contributed by atoms with Gasteiger partial charge in [0.15, 0.2) is 0 Å². The van der Waals surface area contributed by atoms with Gasteiger partial charge >= 0.3 is 0 Å². The van der Waals surface area contributed by atoms with Crippen molar-refractivity contribution in [1.82, 2.24) is 0 Å². The number of carbonyl (C=O) groups excluding carboxylic acids is 1. The summed E-state index contributed by atoms with van der Waals surface area (Å²) in [5.74, 6) is -0.361. The summed E-state index contributed by atoms with van der Waals surface area (Å²) in [6.45, 7) is 6.14. The minimum absolute atomic E-state index is 0.143. The summed E-state index contributed by atoms with van der Waals surface area (Å²) in [6, 6.07) is 0. The maximum atomic E-state index is 11.2. The molecule has 2 atom stereocenters. The minimum atomic E-state index is -1.39. The molecule has 0 saturated heterocycles. The fourth-order valence-electron chi connectivity index (χ4n) is 1.10. The van der Waals surface area contributed by atoms with Gasteiger partial charge in [-0.1, -0.05) is 11.2 Å². The van der Waals surface area contributed by atoms with Gasteiger partial charge in [-0.3, -0.25) is 4.79 Å². The predicted molar refractivity (Wildman–Crippen MR) is 49.1 cm³/mol. The summed E-state index contributed by atoms with van der Waals surface area (Å²) in [5, 5.41) is 12.7. The molecule has 0 spiro atoms. The zero-order chi connectivity index (χ0) is 10.5. The predicted octanol–water partition coefficient (Wildman–Crippen LogP) is 1.58. The van der Waals surface area contributed by atoms with Crippen LogP contribution in [-0.2, 0) is 4.79 Å². The van der Waals surface area contributed by atoms with Crippen LogP contribution in [0.15, 0.2) is 17.8 Å². The van der Waals surface area contributed by atoms with E-state index in [1.165, 1.54) is 19.9 Å². The first-order valence-corrected chi connectivity index (χ1v) is 3.87. The molecule has 0 radical (unpaired) electrons. The Bertz CT molecular complexity index is 252. The van der Waals surface area contributed by atoms with Gasteiger partial charge in [0.25, 0.3) is 0 Å². The maximum Gasteiger partial charge on any atom is 0.144 e. The highest BCUT2D eigenvalue weighted by Gasteiger charge is 2.38. The first-order chi connectivity index (χ1) is 6.01. The fourth-order valence-corrected chi connectivity index (χ4v) is 1.10.